The Hall–Kier alpha value is -6.67. The number of hydrogen-bond donors (Lipinski definition) is 13. The quantitative estimate of drug-likeness (QED) is 0.0154. The minimum absolute atomic E-state index is 0. The van der Waals surface area contributed by atoms with Crippen molar-refractivity contribution in [2.45, 2.75) is 151 Å². The van der Waals surface area contributed by atoms with Crippen molar-refractivity contribution in [3.05, 3.63) is 77.9 Å². The van der Waals surface area contributed by atoms with Gasteiger partial charge in [-0.1, -0.05) is 55.7 Å². The van der Waals surface area contributed by atoms with Gasteiger partial charge in [0.2, 0.25) is 41.4 Å². The zero-order valence-electron chi connectivity index (χ0n) is 51.9. The Bertz CT molecular complexity index is 3310. The molecule has 4 saturated heterocycles. The number of benzene rings is 3. The van der Waals surface area contributed by atoms with Crippen LogP contribution < -0.4 is 76.2 Å². The average molecular weight is 1360 g/mol. The van der Waals surface area contributed by atoms with Crippen molar-refractivity contribution in [2.24, 2.45) is 11.7 Å². The summed E-state index contributed by atoms with van der Waals surface area (Å²) < 4.78 is 9.16. The number of carbonyl (C=O) groups excluding carboxylic acids is 8. The molecule has 12 unspecified atom stereocenters. The van der Waals surface area contributed by atoms with Gasteiger partial charge >= 0.3 is 29.6 Å². The van der Waals surface area contributed by atoms with Gasteiger partial charge in [0.05, 0.1) is 43.0 Å². The molecule has 31 nitrogen and oxygen atoms in total. The van der Waals surface area contributed by atoms with Crippen molar-refractivity contribution >= 4 is 76.6 Å². The van der Waals surface area contributed by atoms with Gasteiger partial charge in [-0.25, -0.2) is 0 Å². The molecular weight excluding hydrogens is 1280 g/mol. The molecule has 0 spiro atoms. The zero-order chi connectivity index (χ0) is 66.8. The van der Waals surface area contributed by atoms with Gasteiger partial charge in [0, 0.05) is 99.4 Å². The summed E-state index contributed by atoms with van der Waals surface area (Å²) in [6.45, 7) is 4.83. The molecule has 9 rings (SSSR count). The molecule has 5 heterocycles. The minimum Gasteiger partial charge on any atom is -0.691 e. The zero-order valence-corrected chi connectivity index (χ0v) is 55.5. The van der Waals surface area contributed by atoms with Crippen LogP contribution in [0.4, 0.5) is 5.69 Å². The molecule has 5 fully saturated rings. The average Bonchev–Trinajstić information content (AvgIpc) is 1.62. The van der Waals surface area contributed by atoms with E-state index < -0.39 is 177 Å². The second kappa shape index (κ2) is 33.3. The molecule has 0 radical (unpaired) electrons. The molecule has 1 aliphatic carbocycles. The van der Waals surface area contributed by atoms with E-state index in [9.17, 15) is 79.4 Å². The monoisotopic (exact) mass is 1360 g/mol. The smallest absolute Gasteiger partial charge is 0.691 e. The SMILES string of the molecule is CC(O)C1NC(=O)[C@@H](NC(=O)c2ccc(-c3nnc(-c4ccc(N5CCN(C6CCCCC6)CC5)cc4)s3)cc2)CC(O)CNC(=O)C2C(O)C(C)CN2C(=O)C(C(O)CC(N)=O)NC(=O)C(C(O)Cc2ccc(O)c(OSOO[O-])c2)NC(=O)C2CC(O)CN2C1=O.[Na+]. The number of aliphatic hydroxyl groups is 6. The Kier molecular flexibility index (Phi) is 25.9. The summed E-state index contributed by atoms with van der Waals surface area (Å²) >= 11 is 1.33. The summed E-state index contributed by atoms with van der Waals surface area (Å²) in [5, 5.41) is 114. The predicted octanol–water partition coefficient (Wildman–Crippen LogP) is -5.97. The number of nitrogens with zero attached hydrogens (tertiary/aromatic N) is 6. The third kappa shape index (κ3) is 18.1. The summed E-state index contributed by atoms with van der Waals surface area (Å²) in [5.74, 6) is -11.1. The molecule has 94 heavy (non-hydrogen) atoms. The number of aromatic hydroxyl groups is 1. The number of phenols is 1. The van der Waals surface area contributed by atoms with E-state index in [1.54, 1.807) is 12.1 Å². The number of anilines is 1. The third-order valence-electron chi connectivity index (χ3n) is 17.5. The first-order valence-corrected chi connectivity index (χ1v) is 32.1. The van der Waals surface area contributed by atoms with Gasteiger partial charge in [-0.05, 0) is 73.9 Å². The third-order valence-corrected chi connectivity index (χ3v) is 18.9. The predicted molar refractivity (Wildman–Crippen MR) is 329 cm³/mol. The second-order valence-corrected chi connectivity index (χ2v) is 25.5. The standard InChI is InChI=1S/C60H78N12O19S2.Na/c1-30-28-72-50(51(30)80)56(85)62-27-38(74)24-40(63-52(81)33-9-11-34(12-10-33)57-67-68-58(92-57)35-13-15-37(16-14-35)70-20-18-69(19-21-70)36-6-4-3-5-7-36)53(82)64-47(31(2)73)59(86)71-29-39(75)25-41(71)54(83)65-48(55(84)66-49(60(72)87)44(78)26-46(61)79)43(77)22-32-8-17-42(76)45(23-32)89-93-91-90-88;/h8-17,23,30-31,36,38-41,43-44,47-51,73-78,80,88H,3-7,18-22,24-29H2,1-2H3,(H2,61,79)(H,62,85)(H,63,81)(H,64,82)(H,65,83)(H,66,84);/q;+1/p-1/t30?,31?,38?,39?,40-,41?,43?,44?,47?,48?,49?,50?,51?;/m0./s1. The first-order chi connectivity index (χ1) is 44.5. The van der Waals surface area contributed by atoms with Crippen LogP contribution in [0, 0.1) is 5.92 Å². The molecule has 5 aliphatic rings. The number of aliphatic hydroxyl groups excluding tert-OH is 6. The summed E-state index contributed by atoms with van der Waals surface area (Å²) in [6, 6.07) is 6.80. The van der Waals surface area contributed by atoms with E-state index in [-0.39, 0.29) is 58.8 Å². The fourth-order valence-corrected chi connectivity index (χ4v) is 13.6. The largest absolute Gasteiger partial charge is 1.00 e. The number of phenolic OH excluding ortho intramolecular Hbond substituents is 1. The maximum Gasteiger partial charge on any atom is 1.00 e. The fourth-order valence-electron chi connectivity index (χ4n) is 12.5. The molecule has 0 bridgehead atoms. The number of rotatable bonds is 17. The van der Waals surface area contributed by atoms with Crippen molar-refractivity contribution in [2.75, 3.05) is 50.7 Å². The number of β-amino-alcohol motifs (C(OH)–C–C–N with tert-alkyl or cyclic N) is 1. The van der Waals surface area contributed by atoms with Gasteiger partial charge in [-0.15, -0.1) is 14.5 Å². The molecule has 34 heteroatoms. The van der Waals surface area contributed by atoms with E-state index in [1.165, 1.54) is 68.6 Å². The van der Waals surface area contributed by atoms with Gasteiger partial charge in [-0.2, -0.15) is 0 Å². The number of nitrogens with one attached hydrogen (secondary N) is 5. The Balaban J connectivity index is 0.0000113. The molecule has 8 amide bonds. The second-order valence-electron chi connectivity index (χ2n) is 24.1. The van der Waals surface area contributed by atoms with Gasteiger partial charge in [0.15, 0.2) is 11.5 Å². The number of carbonyl (C=O) groups is 8. The van der Waals surface area contributed by atoms with Crippen LogP contribution in [0.25, 0.3) is 21.1 Å². The molecule has 504 valence electrons. The molecular formula is C60H77N12NaO19S2. The number of amides is 8. The maximum atomic E-state index is 14.7. The molecule has 4 aromatic rings. The van der Waals surface area contributed by atoms with Crippen molar-refractivity contribution in [3.63, 3.8) is 0 Å². The topological polar surface area (TPSA) is 454 Å². The van der Waals surface area contributed by atoms with Crippen molar-refractivity contribution < 1.29 is 122 Å². The molecule has 3 aromatic carbocycles. The van der Waals surface area contributed by atoms with Crippen LogP contribution in [0.15, 0.2) is 66.7 Å². The fraction of sp³-hybridized carbons (Fsp3) is 0.533. The molecule has 1 saturated carbocycles. The van der Waals surface area contributed by atoms with E-state index >= 15 is 0 Å². The van der Waals surface area contributed by atoms with Crippen molar-refractivity contribution in [3.8, 4) is 32.6 Å². The minimum atomic E-state index is -2.22. The van der Waals surface area contributed by atoms with Crippen molar-refractivity contribution in [1.82, 2.24) is 51.5 Å². The van der Waals surface area contributed by atoms with Crippen LogP contribution in [-0.4, -0.2) is 233 Å². The Morgan fingerprint density at radius 1 is 0.766 bits per heavy atom. The van der Waals surface area contributed by atoms with E-state index in [2.05, 4.69) is 68.1 Å². The number of aromatic nitrogens is 2. The normalized spacial score (nSPS) is 26.7. The van der Waals surface area contributed by atoms with Crippen LogP contribution in [-0.2, 0) is 49.4 Å². The number of primary amides is 1. The van der Waals surface area contributed by atoms with Crippen molar-refractivity contribution in [1.29, 1.82) is 0 Å². The van der Waals surface area contributed by atoms with E-state index in [1.807, 2.05) is 12.1 Å². The van der Waals surface area contributed by atoms with Gasteiger partial charge in [0.1, 0.15) is 46.3 Å². The summed E-state index contributed by atoms with van der Waals surface area (Å²) in [7, 11) is 0. The molecule has 4 aliphatic heterocycles. The molecule has 14 N–H and O–H groups in total. The van der Waals surface area contributed by atoms with Gasteiger partial charge in [0.25, 0.3) is 18.2 Å². The Morgan fingerprint density at radius 3 is 2.03 bits per heavy atom. The van der Waals surface area contributed by atoms with Gasteiger partial charge < -0.3 is 92.2 Å². The van der Waals surface area contributed by atoms with E-state index in [0.29, 0.717) is 21.6 Å². The van der Waals surface area contributed by atoms with E-state index in [4.69, 9.17) is 9.92 Å². The Labute approximate surface area is 570 Å². The summed E-state index contributed by atoms with van der Waals surface area (Å²) in [5.41, 5.74) is 8.11. The maximum absolute atomic E-state index is 14.7. The van der Waals surface area contributed by atoms with Crippen LogP contribution in [0.2, 0.25) is 0 Å². The Morgan fingerprint density at radius 2 is 1.39 bits per heavy atom. The molecule has 13 atom stereocenters. The van der Waals surface area contributed by atoms with Gasteiger partial charge in [-0.3, -0.25) is 48.3 Å². The van der Waals surface area contributed by atoms with Crippen LogP contribution >= 0.6 is 23.7 Å². The number of fused-ring (bicyclic) bond motifs is 2. The van der Waals surface area contributed by atoms with Crippen LogP contribution in [0.5, 0.6) is 11.5 Å². The van der Waals surface area contributed by atoms with Crippen LogP contribution in [0.3, 0.4) is 0 Å². The number of piperazine rings is 1. The first kappa shape index (κ1) is 73.1. The summed E-state index contributed by atoms with van der Waals surface area (Å²) in [6.07, 6.45) is -7.16. The van der Waals surface area contributed by atoms with Crippen LogP contribution in [0.1, 0.15) is 81.1 Å². The number of hydrogen-bond acceptors (Lipinski definition) is 25. The van der Waals surface area contributed by atoms with E-state index in [0.717, 1.165) is 66.3 Å². The first-order valence-electron chi connectivity index (χ1n) is 30.6. The number of nitrogens with two attached hydrogens (primary N) is 1. The molecule has 1 aromatic heterocycles. The summed E-state index contributed by atoms with van der Waals surface area (Å²) in [4.78, 5) is 120.